The molecule has 2 aliphatic heterocycles. The molecule has 0 saturated carbocycles. The second kappa shape index (κ2) is 16.4. The third-order valence-electron chi connectivity index (χ3n) is 16.9. The number of fused-ring (bicyclic) bond motifs is 9. The zero-order valence-corrected chi connectivity index (χ0v) is 42.6. The summed E-state index contributed by atoms with van der Waals surface area (Å²) in [5.41, 5.74) is 24.6. The Morgan fingerprint density at radius 1 is 0.373 bits per heavy atom. The second-order valence-electron chi connectivity index (χ2n) is 21.3. The van der Waals surface area contributed by atoms with E-state index in [0.717, 1.165) is 47.0 Å². The Morgan fingerprint density at radius 2 is 0.867 bits per heavy atom. The van der Waals surface area contributed by atoms with E-state index in [1.165, 1.54) is 111 Å². The fraction of sp³-hybridized carbons (Fsp3) is 0.0986. The summed E-state index contributed by atoms with van der Waals surface area (Å²) in [6.07, 6.45) is 6.95. The molecule has 0 aromatic heterocycles. The number of hydrogen-bond donors (Lipinski definition) is 0. The Hall–Kier alpha value is -9.12. The SMILES string of the molecule is CN1c2ccccc2N(c2ccc3c(-c4cccc5ccccc45)c4cc(N5c6ccccc6N(C)c6ccccc65)ccc4c(-c4cccc(-c5ccc6c(c5)C(C)(C)C5=C6CCC=C5)c4)c3c2)c2ccccc21. The molecule has 11 aromatic rings. The van der Waals surface area contributed by atoms with Crippen LogP contribution in [0, 0.1) is 0 Å². The maximum absolute atomic E-state index is 2.48. The van der Waals surface area contributed by atoms with Gasteiger partial charge in [0.2, 0.25) is 0 Å². The van der Waals surface area contributed by atoms with Gasteiger partial charge >= 0.3 is 0 Å². The molecule has 2 heterocycles. The lowest BCUT2D eigenvalue weighted by Gasteiger charge is -2.39. The molecule has 0 atom stereocenters. The molecule has 11 aromatic carbocycles. The maximum Gasteiger partial charge on any atom is 0.0699 e. The van der Waals surface area contributed by atoms with Gasteiger partial charge in [0.1, 0.15) is 0 Å². The van der Waals surface area contributed by atoms with E-state index in [1.54, 1.807) is 0 Å². The molecule has 0 radical (unpaired) electrons. The van der Waals surface area contributed by atoms with Crippen LogP contribution in [0.25, 0.3) is 71.3 Å². The first-order valence-corrected chi connectivity index (χ1v) is 26.4. The predicted molar refractivity (Wildman–Crippen MR) is 319 cm³/mol. The van der Waals surface area contributed by atoms with Crippen LogP contribution in [-0.2, 0) is 5.41 Å². The average Bonchev–Trinajstić information content (AvgIpc) is 3.74. The summed E-state index contributed by atoms with van der Waals surface area (Å²) in [5, 5.41) is 7.28. The van der Waals surface area contributed by atoms with E-state index < -0.39 is 0 Å². The van der Waals surface area contributed by atoms with E-state index in [4.69, 9.17) is 0 Å². The van der Waals surface area contributed by atoms with Gasteiger partial charge < -0.3 is 19.6 Å². The third kappa shape index (κ3) is 6.42. The summed E-state index contributed by atoms with van der Waals surface area (Å²) < 4.78 is 0. The van der Waals surface area contributed by atoms with Crippen LogP contribution in [0.1, 0.15) is 37.8 Å². The van der Waals surface area contributed by atoms with Gasteiger partial charge in [-0.1, -0.05) is 159 Å². The summed E-state index contributed by atoms with van der Waals surface area (Å²) in [6, 6.07) is 82.0. The summed E-state index contributed by atoms with van der Waals surface area (Å²) in [4.78, 5) is 9.57. The number of nitrogens with zero attached hydrogens (tertiary/aromatic N) is 4. The predicted octanol–water partition coefficient (Wildman–Crippen LogP) is 19.6. The standard InChI is InChI=1S/C71H54N4/c1-71(2)59-26-8-7-24-52(59)53-38-35-47(42-60(53)71)46-21-17-22-48(41-46)69-55-39-36-50(75-67-33-15-11-29-63(67)73(4)64-30-12-16-34-68(64)75)44-58(55)70(54-25-18-20-45-19-5-6-23-51(45)54)56-40-37-49(43-57(56)69)74-65-31-13-9-27-61(65)72(3)62-28-10-14-32-66(62)74/h5-6,8-23,25-44H,7,24H2,1-4H3. The highest BCUT2D eigenvalue weighted by Gasteiger charge is 2.37. The molecule has 15 rings (SSSR count). The number of hydrogen-bond acceptors (Lipinski definition) is 4. The number of anilines is 10. The van der Waals surface area contributed by atoms with Crippen molar-refractivity contribution in [1.29, 1.82) is 0 Å². The maximum atomic E-state index is 2.48. The topological polar surface area (TPSA) is 13.0 Å². The van der Waals surface area contributed by atoms with Crippen molar-refractivity contribution in [1.82, 2.24) is 0 Å². The molecule has 75 heavy (non-hydrogen) atoms. The molecule has 0 spiro atoms. The van der Waals surface area contributed by atoms with Crippen LogP contribution in [0.15, 0.2) is 236 Å². The average molecular weight is 963 g/mol. The monoisotopic (exact) mass is 962 g/mol. The Bertz CT molecular complexity index is 4190. The summed E-state index contributed by atoms with van der Waals surface area (Å²) >= 11 is 0. The first-order valence-electron chi connectivity index (χ1n) is 26.4. The van der Waals surface area contributed by atoms with Crippen molar-refractivity contribution in [2.45, 2.75) is 32.1 Å². The van der Waals surface area contributed by atoms with Crippen LogP contribution >= 0.6 is 0 Å². The van der Waals surface area contributed by atoms with Crippen molar-refractivity contribution < 1.29 is 0 Å². The molecule has 0 unspecified atom stereocenters. The highest BCUT2D eigenvalue weighted by molar-refractivity contribution is 6.25. The van der Waals surface area contributed by atoms with Gasteiger partial charge in [0.25, 0.3) is 0 Å². The number of para-hydroxylation sites is 8. The summed E-state index contributed by atoms with van der Waals surface area (Å²) in [5.74, 6) is 0. The van der Waals surface area contributed by atoms with Crippen molar-refractivity contribution in [3.63, 3.8) is 0 Å². The zero-order valence-electron chi connectivity index (χ0n) is 42.6. The zero-order chi connectivity index (χ0) is 50.1. The van der Waals surface area contributed by atoms with Crippen LogP contribution in [0.4, 0.5) is 56.9 Å². The number of benzene rings is 11. The number of allylic oxidation sites excluding steroid dienone is 4. The largest absolute Gasteiger partial charge is 0.341 e. The Balaban J connectivity index is 1.03. The smallest absolute Gasteiger partial charge is 0.0699 e. The van der Waals surface area contributed by atoms with Crippen LogP contribution in [0.5, 0.6) is 0 Å². The minimum Gasteiger partial charge on any atom is -0.341 e. The molecule has 358 valence electrons. The first kappa shape index (κ1) is 43.5. The molecule has 4 aliphatic rings. The molecule has 0 bridgehead atoms. The van der Waals surface area contributed by atoms with Crippen molar-refractivity contribution in [2.24, 2.45) is 0 Å². The highest BCUT2D eigenvalue weighted by Crippen LogP contribution is 2.56. The van der Waals surface area contributed by atoms with Crippen molar-refractivity contribution >= 4 is 94.8 Å². The van der Waals surface area contributed by atoms with Gasteiger partial charge in [-0.15, -0.1) is 0 Å². The van der Waals surface area contributed by atoms with E-state index in [0.29, 0.717) is 0 Å². The van der Waals surface area contributed by atoms with Crippen LogP contribution < -0.4 is 19.6 Å². The van der Waals surface area contributed by atoms with Crippen LogP contribution in [0.3, 0.4) is 0 Å². The Morgan fingerprint density at radius 3 is 1.48 bits per heavy atom. The minimum atomic E-state index is -0.0571. The van der Waals surface area contributed by atoms with E-state index >= 15 is 0 Å². The minimum absolute atomic E-state index is 0.0571. The van der Waals surface area contributed by atoms with Gasteiger partial charge in [0, 0.05) is 30.9 Å². The molecular weight excluding hydrogens is 909 g/mol. The molecule has 4 heteroatoms. The summed E-state index contributed by atoms with van der Waals surface area (Å²) in [6.45, 7) is 4.81. The Labute approximate surface area is 439 Å². The lowest BCUT2D eigenvalue weighted by Crippen LogP contribution is -2.24. The summed E-state index contributed by atoms with van der Waals surface area (Å²) in [7, 11) is 4.36. The van der Waals surface area contributed by atoms with E-state index in [1.807, 2.05) is 0 Å². The molecule has 0 saturated heterocycles. The molecular formula is C71H54N4. The van der Waals surface area contributed by atoms with Crippen molar-refractivity contribution in [3.8, 4) is 33.4 Å². The first-order chi connectivity index (χ1) is 36.8. The van der Waals surface area contributed by atoms with Crippen LogP contribution in [0.2, 0.25) is 0 Å². The fourth-order valence-corrected chi connectivity index (χ4v) is 13.4. The third-order valence-corrected chi connectivity index (χ3v) is 16.9. The lowest BCUT2D eigenvalue weighted by atomic mass is 9.79. The normalized spacial score (nSPS) is 15.0. The molecule has 4 nitrogen and oxygen atoms in total. The molecule has 2 aliphatic carbocycles. The van der Waals surface area contributed by atoms with Crippen LogP contribution in [-0.4, -0.2) is 14.1 Å². The molecule has 0 N–H and O–H groups in total. The van der Waals surface area contributed by atoms with Gasteiger partial charge in [-0.2, -0.15) is 0 Å². The quantitative estimate of drug-likeness (QED) is 0.159. The number of rotatable bonds is 5. The van der Waals surface area contributed by atoms with E-state index in [9.17, 15) is 0 Å². The van der Waals surface area contributed by atoms with E-state index in [2.05, 4.69) is 278 Å². The van der Waals surface area contributed by atoms with Crippen molar-refractivity contribution in [3.05, 3.63) is 247 Å². The lowest BCUT2D eigenvalue weighted by molar-refractivity contribution is 0.651. The van der Waals surface area contributed by atoms with Gasteiger partial charge in [0.15, 0.2) is 0 Å². The van der Waals surface area contributed by atoms with Crippen molar-refractivity contribution in [2.75, 3.05) is 33.7 Å². The Kier molecular flexibility index (Phi) is 9.53. The highest BCUT2D eigenvalue weighted by atomic mass is 15.3. The van der Waals surface area contributed by atoms with Gasteiger partial charge in [-0.3, -0.25) is 0 Å². The van der Waals surface area contributed by atoms with Gasteiger partial charge in [0.05, 0.1) is 45.5 Å². The van der Waals surface area contributed by atoms with E-state index in [-0.39, 0.29) is 5.41 Å². The second-order valence-corrected chi connectivity index (χ2v) is 21.3. The molecule has 0 fully saturated rings. The fourth-order valence-electron chi connectivity index (χ4n) is 13.4. The van der Waals surface area contributed by atoms with Gasteiger partial charge in [-0.25, -0.2) is 0 Å². The molecule has 0 amide bonds. The van der Waals surface area contributed by atoms with Gasteiger partial charge in [-0.05, 0) is 186 Å².